The van der Waals surface area contributed by atoms with Crippen LogP contribution in [0.25, 0.3) is 0 Å². The molecule has 0 aromatic carbocycles. The van der Waals surface area contributed by atoms with Gasteiger partial charge in [-0.05, 0) is 38.9 Å². The molecule has 0 bridgehead atoms. The average Bonchev–Trinajstić information content (AvgIpc) is 2.96. The van der Waals surface area contributed by atoms with E-state index in [9.17, 15) is 0 Å². The lowest BCUT2D eigenvalue weighted by Gasteiger charge is -2.22. The number of carbonyl (C=O) groups is 1. The highest BCUT2D eigenvalue weighted by Crippen LogP contribution is 2.14. The monoisotopic (exact) mass is 568 g/mol. The number of rotatable bonds is 33. The van der Waals surface area contributed by atoms with Gasteiger partial charge in [0.05, 0.1) is 0 Å². The van der Waals surface area contributed by atoms with Gasteiger partial charge in [0.25, 0.3) is 6.47 Å². The van der Waals surface area contributed by atoms with Crippen molar-refractivity contribution in [3.8, 4) is 0 Å². The average molecular weight is 568 g/mol. The molecule has 0 spiro atoms. The SMILES string of the molecule is CCCCCCCCCCCCN(CCCCCCCCCCCC)CCCCCCCCCCCC.O=CO. The van der Waals surface area contributed by atoms with Crippen molar-refractivity contribution >= 4 is 6.47 Å². The van der Waals surface area contributed by atoms with Crippen LogP contribution < -0.4 is 0 Å². The molecule has 0 aromatic heterocycles. The predicted molar refractivity (Wildman–Crippen MR) is 181 cm³/mol. The summed E-state index contributed by atoms with van der Waals surface area (Å²) in [5.74, 6) is 0. The lowest BCUT2D eigenvalue weighted by Crippen LogP contribution is -2.27. The van der Waals surface area contributed by atoms with E-state index in [0.29, 0.717) is 0 Å². The lowest BCUT2D eigenvalue weighted by molar-refractivity contribution is -0.122. The van der Waals surface area contributed by atoms with Crippen LogP contribution in [0.5, 0.6) is 0 Å². The maximum atomic E-state index is 8.36. The Bertz CT molecular complexity index is 371. The zero-order valence-corrected chi connectivity index (χ0v) is 28.2. The smallest absolute Gasteiger partial charge is 0.290 e. The summed E-state index contributed by atoms with van der Waals surface area (Å²) in [6, 6.07) is 0. The second-order valence-corrected chi connectivity index (χ2v) is 12.5. The summed E-state index contributed by atoms with van der Waals surface area (Å²) >= 11 is 0. The molecule has 3 heteroatoms. The Morgan fingerprint density at radius 3 is 0.675 bits per heavy atom. The molecular formula is C37H77NO2. The normalized spacial score (nSPS) is 11.1. The molecular weight excluding hydrogens is 490 g/mol. The fourth-order valence-electron chi connectivity index (χ4n) is 5.80. The van der Waals surface area contributed by atoms with Gasteiger partial charge in [0.15, 0.2) is 0 Å². The summed E-state index contributed by atoms with van der Waals surface area (Å²) in [5, 5.41) is 6.89. The van der Waals surface area contributed by atoms with Crippen molar-refractivity contribution in [3.05, 3.63) is 0 Å². The number of carboxylic acid groups (broad SMARTS) is 1. The third kappa shape index (κ3) is 39.6. The molecule has 0 saturated heterocycles. The van der Waals surface area contributed by atoms with E-state index >= 15 is 0 Å². The summed E-state index contributed by atoms with van der Waals surface area (Å²) in [7, 11) is 0. The third-order valence-corrected chi connectivity index (χ3v) is 8.48. The summed E-state index contributed by atoms with van der Waals surface area (Å²) in [6.45, 7) is 10.8. The van der Waals surface area contributed by atoms with Gasteiger partial charge in [0.1, 0.15) is 0 Å². The zero-order chi connectivity index (χ0) is 29.6. The van der Waals surface area contributed by atoms with Crippen molar-refractivity contribution in [1.29, 1.82) is 0 Å². The zero-order valence-electron chi connectivity index (χ0n) is 28.2. The highest BCUT2D eigenvalue weighted by molar-refractivity contribution is 5.32. The van der Waals surface area contributed by atoms with Gasteiger partial charge in [-0.15, -0.1) is 0 Å². The van der Waals surface area contributed by atoms with Gasteiger partial charge in [-0.25, -0.2) is 0 Å². The number of hydrogen-bond donors (Lipinski definition) is 1. The number of hydrogen-bond acceptors (Lipinski definition) is 2. The Kier molecular flexibility index (Phi) is 42.2. The van der Waals surface area contributed by atoms with Crippen LogP contribution in [-0.2, 0) is 4.79 Å². The molecule has 0 fully saturated rings. The van der Waals surface area contributed by atoms with Crippen molar-refractivity contribution < 1.29 is 9.90 Å². The summed E-state index contributed by atoms with van der Waals surface area (Å²) in [6.07, 6.45) is 43.6. The van der Waals surface area contributed by atoms with Crippen LogP contribution in [0.1, 0.15) is 213 Å². The first-order chi connectivity index (χ1) is 19.8. The van der Waals surface area contributed by atoms with E-state index in [1.54, 1.807) is 0 Å². The minimum Gasteiger partial charge on any atom is -0.483 e. The Hall–Kier alpha value is -0.570. The second-order valence-electron chi connectivity index (χ2n) is 12.5. The molecule has 0 amide bonds. The molecule has 3 nitrogen and oxygen atoms in total. The maximum absolute atomic E-state index is 8.36. The molecule has 0 heterocycles. The Morgan fingerprint density at radius 2 is 0.500 bits per heavy atom. The molecule has 0 aliphatic carbocycles. The van der Waals surface area contributed by atoms with Crippen LogP contribution in [0.2, 0.25) is 0 Å². The predicted octanol–water partition coefficient (Wildman–Crippen LogP) is 12.8. The fourth-order valence-corrected chi connectivity index (χ4v) is 5.80. The quantitative estimate of drug-likeness (QED) is 0.0633. The largest absolute Gasteiger partial charge is 0.483 e. The minimum atomic E-state index is -0.250. The van der Waals surface area contributed by atoms with Gasteiger partial charge in [-0.3, -0.25) is 4.79 Å². The van der Waals surface area contributed by atoms with Crippen molar-refractivity contribution in [1.82, 2.24) is 4.90 Å². The molecule has 0 radical (unpaired) electrons. The van der Waals surface area contributed by atoms with E-state index in [1.807, 2.05) is 0 Å². The van der Waals surface area contributed by atoms with Gasteiger partial charge in [-0.1, -0.05) is 194 Å². The van der Waals surface area contributed by atoms with E-state index in [1.165, 1.54) is 212 Å². The van der Waals surface area contributed by atoms with Gasteiger partial charge in [0, 0.05) is 0 Å². The molecule has 0 saturated carbocycles. The molecule has 40 heavy (non-hydrogen) atoms. The molecule has 0 rings (SSSR count). The van der Waals surface area contributed by atoms with Gasteiger partial charge < -0.3 is 10.0 Å². The van der Waals surface area contributed by atoms with Crippen molar-refractivity contribution in [3.63, 3.8) is 0 Å². The van der Waals surface area contributed by atoms with Crippen LogP contribution in [0.15, 0.2) is 0 Å². The van der Waals surface area contributed by atoms with Crippen LogP contribution in [0, 0.1) is 0 Å². The summed E-state index contributed by atoms with van der Waals surface area (Å²) < 4.78 is 0. The van der Waals surface area contributed by atoms with Crippen molar-refractivity contribution in [2.45, 2.75) is 213 Å². The molecule has 0 unspecified atom stereocenters. The van der Waals surface area contributed by atoms with Gasteiger partial charge in [0.2, 0.25) is 0 Å². The van der Waals surface area contributed by atoms with Crippen molar-refractivity contribution in [2.75, 3.05) is 19.6 Å². The van der Waals surface area contributed by atoms with Crippen LogP contribution >= 0.6 is 0 Å². The molecule has 1 N–H and O–H groups in total. The first-order valence-electron chi connectivity index (χ1n) is 18.6. The van der Waals surface area contributed by atoms with E-state index in [4.69, 9.17) is 9.90 Å². The van der Waals surface area contributed by atoms with E-state index in [-0.39, 0.29) is 6.47 Å². The standard InChI is InChI=1S/C36H75N.CH2O2/c1-4-7-10-13-16-19-22-25-28-31-34-37(35-32-29-26-23-20-17-14-11-8-5-2)36-33-30-27-24-21-18-15-12-9-6-3;2-1-3/h4-36H2,1-3H3;1H,(H,2,3). The molecule has 0 aliphatic rings. The van der Waals surface area contributed by atoms with Gasteiger partial charge >= 0.3 is 0 Å². The lowest BCUT2D eigenvalue weighted by atomic mass is 10.1. The molecule has 0 aromatic rings. The van der Waals surface area contributed by atoms with E-state index in [2.05, 4.69) is 25.7 Å². The molecule has 0 aliphatic heterocycles. The summed E-state index contributed by atoms with van der Waals surface area (Å²) in [5.41, 5.74) is 0. The maximum Gasteiger partial charge on any atom is 0.290 e. The topological polar surface area (TPSA) is 40.5 Å². The van der Waals surface area contributed by atoms with Crippen LogP contribution in [0.3, 0.4) is 0 Å². The molecule has 242 valence electrons. The van der Waals surface area contributed by atoms with Crippen LogP contribution in [-0.4, -0.2) is 36.1 Å². The molecule has 0 atom stereocenters. The van der Waals surface area contributed by atoms with E-state index < -0.39 is 0 Å². The highest BCUT2D eigenvalue weighted by atomic mass is 16.3. The van der Waals surface area contributed by atoms with Crippen molar-refractivity contribution in [2.24, 2.45) is 0 Å². The Labute approximate surface area is 254 Å². The second kappa shape index (κ2) is 40.6. The Morgan fingerprint density at radius 1 is 0.350 bits per heavy atom. The number of unbranched alkanes of at least 4 members (excludes halogenated alkanes) is 27. The van der Waals surface area contributed by atoms with Gasteiger partial charge in [-0.2, -0.15) is 0 Å². The first kappa shape index (κ1) is 41.6. The fraction of sp³-hybridized carbons (Fsp3) is 0.973. The van der Waals surface area contributed by atoms with Crippen LogP contribution in [0.4, 0.5) is 0 Å². The van der Waals surface area contributed by atoms with E-state index in [0.717, 1.165) is 0 Å². The Balaban J connectivity index is 0. The third-order valence-electron chi connectivity index (χ3n) is 8.48. The summed E-state index contributed by atoms with van der Waals surface area (Å²) in [4.78, 5) is 11.2. The first-order valence-corrected chi connectivity index (χ1v) is 18.6. The number of nitrogens with zero attached hydrogens (tertiary/aromatic N) is 1. The highest BCUT2D eigenvalue weighted by Gasteiger charge is 2.05. The minimum absolute atomic E-state index is 0.250.